The third kappa shape index (κ3) is 1.39. The molecule has 0 saturated heterocycles. The summed E-state index contributed by atoms with van der Waals surface area (Å²) in [5.41, 5.74) is 8.37. The smallest absolute Gasteiger partial charge is 0.0458 e. The quantitative estimate of drug-likeness (QED) is 0.596. The number of pyridine rings is 1. The molecular formula is C9H10N2. The number of terminal acetylenes is 1. The summed E-state index contributed by atoms with van der Waals surface area (Å²) < 4.78 is 0. The standard InChI is InChI=1S/C9H10N2/c1-3-8-5-11-6-9(4-10)7(8)2/h1,5-6H,4,10H2,2H3. The van der Waals surface area contributed by atoms with Gasteiger partial charge in [-0.05, 0) is 18.1 Å². The van der Waals surface area contributed by atoms with Gasteiger partial charge in [0.1, 0.15) is 0 Å². The largest absolute Gasteiger partial charge is 0.326 e. The first kappa shape index (κ1) is 7.77. The van der Waals surface area contributed by atoms with Crippen molar-refractivity contribution in [1.29, 1.82) is 0 Å². The Morgan fingerprint density at radius 2 is 2.36 bits per heavy atom. The third-order valence-electron chi connectivity index (χ3n) is 1.70. The molecule has 1 aromatic rings. The van der Waals surface area contributed by atoms with Crippen LogP contribution < -0.4 is 5.73 Å². The van der Waals surface area contributed by atoms with Crippen LogP contribution in [0.2, 0.25) is 0 Å². The van der Waals surface area contributed by atoms with Crippen molar-refractivity contribution in [3.63, 3.8) is 0 Å². The van der Waals surface area contributed by atoms with Crippen LogP contribution in [-0.4, -0.2) is 4.98 Å². The summed E-state index contributed by atoms with van der Waals surface area (Å²) in [6.45, 7) is 2.45. The Hall–Kier alpha value is -1.33. The minimum Gasteiger partial charge on any atom is -0.326 e. The maximum Gasteiger partial charge on any atom is 0.0458 e. The van der Waals surface area contributed by atoms with Gasteiger partial charge in [0.25, 0.3) is 0 Å². The van der Waals surface area contributed by atoms with Crippen LogP contribution in [0.25, 0.3) is 0 Å². The van der Waals surface area contributed by atoms with Gasteiger partial charge < -0.3 is 5.73 Å². The lowest BCUT2D eigenvalue weighted by Crippen LogP contribution is -2.01. The van der Waals surface area contributed by atoms with Crippen molar-refractivity contribution in [3.8, 4) is 12.3 Å². The fraction of sp³-hybridized carbons (Fsp3) is 0.222. The lowest BCUT2D eigenvalue weighted by molar-refractivity contribution is 1.02. The van der Waals surface area contributed by atoms with E-state index in [4.69, 9.17) is 12.2 Å². The molecule has 0 spiro atoms. The topological polar surface area (TPSA) is 38.9 Å². The van der Waals surface area contributed by atoms with Crippen molar-refractivity contribution in [2.24, 2.45) is 5.73 Å². The van der Waals surface area contributed by atoms with Crippen LogP contribution >= 0.6 is 0 Å². The molecule has 0 radical (unpaired) electrons. The highest BCUT2D eigenvalue weighted by Gasteiger charge is 1.99. The Morgan fingerprint density at radius 3 is 2.91 bits per heavy atom. The van der Waals surface area contributed by atoms with Gasteiger partial charge in [-0.1, -0.05) is 5.92 Å². The van der Waals surface area contributed by atoms with E-state index in [0.717, 1.165) is 16.7 Å². The summed E-state index contributed by atoms with van der Waals surface area (Å²) in [5.74, 6) is 2.55. The van der Waals surface area contributed by atoms with E-state index < -0.39 is 0 Å². The number of hydrogen-bond donors (Lipinski definition) is 1. The maximum atomic E-state index is 5.47. The number of nitrogens with two attached hydrogens (primary N) is 1. The molecule has 0 aliphatic heterocycles. The zero-order chi connectivity index (χ0) is 8.27. The predicted molar refractivity (Wildman–Crippen MR) is 44.8 cm³/mol. The summed E-state index contributed by atoms with van der Waals surface area (Å²) in [6, 6.07) is 0. The second-order valence-electron chi connectivity index (χ2n) is 2.32. The summed E-state index contributed by atoms with van der Waals surface area (Å²) in [7, 11) is 0. The normalized spacial score (nSPS) is 9.18. The minimum atomic E-state index is 0.494. The van der Waals surface area contributed by atoms with Gasteiger partial charge in [-0.3, -0.25) is 4.98 Å². The number of hydrogen-bond acceptors (Lipinski definition) is 2. The molecule has 0 atom stereocenters. The fourth-order valence-corrected chi connectivity index (χ4v) is 0.920. The second kappa shape index (κ2) is 3.18. The van der Waals surface area contributed by atoms with E-state index in [2.05, 4.69) is 10.9 Å². The monoisotopic (exact) mass is 146 g/mol. The van der Waals surface area contributed by atoms with Crippen LogP contribution in [0.1, 0.15) is 16.7 Å². The van der Waals surface area contributed by atoms with E-state index in [-0.39, 0.29) is 0 Å². The van der Waals surface area contributed by atoms with Crippen LogP contribution in [0.5, 0.6) is 0 Å². The van der Waals surface area contributed by atoms with Crippen LogP contribution in [-0.2, 0) is 6.54 Å². The molecule has 0 saturated carbocycles. The first-order valence-electron chi connectivity index (χ1n) is 3.39. The maximum absolute atomic E-state index is 5.47. The van der Waals surface area contributed by atoms with Gasteiger partial charge in [-0.25, -0.2) is 0 Å². The molecule has 11 heavy (non-hydrogen) atoms. The number of nitrogens with zero attached hydrogens (tertiary/aromatic N) is 1. The highest BCUT2D eigenvalue weighted by atomic mass is 14.6. The van der Waals surface area contributed by atoms with E-state index in [1.54, 1.807) is 12.4 Å². The molecule has 0 fully saturated rings. The van der Waals surface area contributed by atoms with Gasteiger partial charge in [0.05, 0.1) is 0 Å². The van der Waals surface area contributed by atoms with E-state index in [0.29, 0.717) is 6.54 Å². The molecule has 0 unspecified atom stereocenters. The van der Waals surface area contributed by atoms with Crippen molar-refractivity contribution in [2.75, 3.05) is 0 Å². The van der Waals surface area contributed by atoms with Crippen LogP contribution in [0.4, 0.5) is 0 Å². The van der Waals surface area contributed by atoms with E-state index in [1.165, 1.54) is 0 Å². The second-order valence-corrected chi connectivity index (χ2v) is 2.32. The van der Waals surface area contributed by atoms with Crippen molar-refractivity contribution < 1.29 is 0 Å². The summed E-state index contributed by atoms with van der Waals surface area (Å²) >= 11 is 0. The third-order valence-corrected chi connectivity index (χ3v) is 1.70. The van der Waals surface area contributed by atoms with Crippen LogP contribution in [0.3, 0.4) is 0 Å². The van der Waals surface area contributed by atoms with Crippen molar-refractivity contribution in [3.05, 3.63) is 29.1 Å². The molecule has 2 N–H and O–H groups in total. The zero-order valence-electron chi connectivity index (χ0n) is 6.46. The number of rotatable bonds is 1. The molecule has 1 aromatic heterocycles. The van der Waals surface area contributed by atoms with Crippen LogP contribution in [0.15, 0.2) is 12.4 Å². The molecule has 0 aromatic carbocycles. The molecule has 1 heterocycles. The SMILES string of the molecule is C#Cc1cncc(CN)c1C. The highest BCUT2D eigenvalue weighted by molar-refractivity contribution is 5.40. The Kier molecular flexibility index (Phi) is 2.25. The van der Waals surface area contributed by atoms with Crippen molar-refractivity contribution in [2.45, 2.75) is 13.5 Å². The first-order valence-corrected chi connectivity index (χ1v) is 3.39. The summed E-state index contributed by atoms with van der Waals surface area (Å²) in [4.78, 5) is 3.96. The Labute approximate surface area is 66.4 Å². The van der Waals surface area contributed by atoms with Crippen LogP contribution in [0, 0.1) is 19.3 Å². The Bertz CT molecular complexity index is 297. The molecule has 1 rings (SSSR count). The average Bonchev–Trinajstić information content (AvgIpc) is 2.05. The van der Waals surface area contributed by atoms with Gasteiger partial charge >= 0.3 is 0 Å². The van der Waals surface area contributed by atoms with Gasteiger partial charge in [0.2, 0.25) is 0 Å². The molecule has 0 bridgehead atoms. The Morgan fingerprint density at radius 1 is 1.64 bits per heavy atom. The van der Waals surface area contributed by atoms with E-state index >= 15 is 0 Å². The first-order chi connectivity index (χ1) is 5.29. The fourth-order valence-electron chi connectivity index (χ4n) is 0.920. The molecule has 0 aliphatic carbocycles. The number of aromatic nitrogens is 1. The van der Waals surface area contributed by atoms with Gasteiger partial charge in [-0.15, -0.1) is 6.42 Å². The lowest BCUT2D eigenvalue weighted by atomic mass is 10.1. The molecular weight excluding hydrogens is 136 g/mol. The highest BCUT2D eigenvalue weighted by Crippen LogP contribution is 2.09. The molecule has 2 heteroatoms. The Balaban J connectivity index is 3.23. The minimum absolute atomic E-state index is 0.494. The van der Waals surface area contributed by atoms with Gasteiger partial charge in [-0.2, -0.15) is 0 Å². The van der Waals surface area contributed by atoms with Gasteiger partial charge in [0.15, 0.2) is 0 Å². The van der Waals surface area contributed by atoms with E-state index in [9.17, 15) is 0 Å². The summed E-state index contributed by atoms with van der Waals surface area (Å²) in [5, 5.41) is 0. The average molecular weight is 146 g/mol. The van der Waals surface area contributed by atoms with Gasteiger partial charge in [0, 0.05) is 24.5 Å². The molecule has 0 amide bonds. The van der Waals surface area contributed by atoms with Crippen molar-refractivity contribution >= 4 is 0 Å². The van der Waals surface area contributed by atoms with E-state index in [1.807, 2.05) is 6.92 Å². The van der Waals surface area contributed by atoms with Crippen molar-refractivity contribution in [1.82, 2.24) is 4.98 Å². The molecule has 2 nitrogen and oxygen atoms in total. The predicted octanol–water partition coefficient (Wildman–Crippen LogP) is 0.830. The zero-order valence-corrected chi connectivity index (χ0v) is 6.46. The lowest BCUT2D eigenvalue weighted by Gasteiger charge is -2.02. The molecule has 56 valence electrons. The molecule has 0 aliphatic rings. The summed E-state index contributed by atoms with van der Waals surface area (Å²) in [6.07, 6.45) is 8.66.